The zero-order chi connectivity index (χ0) is 46.2. The van der Waals surface area contributed by atoms with E-state index in [-0.39, 0.29) is 19.4 Å². The Labute approximate surface area is 383 Å². The van der Waals surface area contributed by atoms with Gasteiger partial charge in [-0.15, -0.1) is 0 Å². The molecule has 1 aliphatic rings. The van der Waals surface area contributed by atoms with Gasteiger partial charge in [-0.05, 0) is 57.8 Å². The number of esters is 2. The fraction of sp³-hybridized carbons (Fsp3) is 0.880. The smallest absolute Gasteiger partial charge is 0.306 e. The number of aliphatic hydroxyl groups is 3. The van der Waals surface area contributed by atoms with E-state index >= 15 is 0 Å². The van der Waals surface area contributed by atoms with Crippen LogP contribution in [-0.2, 0) is 38.7 Å². The number of aliphatic hydroxyl groups excluding tert-OH is 3. The number of carbonyl (C=O) groups excluding carboxylic acids is 2. The maximum atomic E-state index is 12.8. The van der Waals surface area contributed by atoms with Gasteiger partial charge in [0, 0.05) is 12.8 Å². The molecule has 63 heavy (non-hydrogen) atoms. The Hall–Kier alpha value is -1.87. The van der Waals surface area contributed by atoms with E-state index in [1.54, 1.807) is 0 Å². The monoisotopic (exact) mass is 917 g/mol. The molecule has 0 spiro atoms. The second kappa shape index (κ2) is 40.4. The van der Waals surface area contributed by atoms with Crippen LogP contribution in [0, 0.1) is 0 Å². The van der Waals surface area contributed by atoms with Crippen LogP contribution in [-0.4, -0.2) is 96.0 Å². The molecule has 0 saturated carbocycles. The molecule has 12 nitrogen and oxygen atoms in total. The normalized spacial score (nSPS) is 19.9. The molecule has 1 aliphatic heterocycles. The highest BCUT2D eigenvalue weighted by Crippen LogP contribution is 2.24. The van der Waals surface area contributed by atoms with Crippen LogP contribution in [0.3, 0.4) is 0 Å². The minimum absolute atomic E-state index is 0.150. The first-order valence-electron chi connectivity index (χ1n) is 25.4. The van der Waals surface area contributed by atoms with Gasteiger partial charge in [-0.25, -0.2) is 0 Å². The van der Waals surface area contributed by atoms with Crippen LogP contribution >= 0.6 is 0 Å². The molecule has 2 unspecified atom stereocenters. The van der Waals surface area contributed by atoms with Gasteiger partial charge in [-0.2, -0.15) is 8.42 Å². The third-order valence-corrected chi connectivity index (χ3v) is 12.5. The highest BCUT2D eigenvalue weighted by molar-refractivity contribution is 7.85. The molecular weight excluding hydrogens is 825 g/mol. The van der Waals surface area contributed by atoms with Crippen LogP contribution in [0.4, 0.5) is 0 Å². The van der Waals surface area contributed by atoms with Crippen LogP contribution < -0.4 is 0 Å². The van der Waals surface area contributed by atoms with Crippen molar-refractivity contribution in [2.45, 2.75) is 263 Å². The number of allylic oxidation sites excluding steroid dienone is 4. The lowest BCUT2D eigenvalue weighted by Crippen LogP contribution is -2.60. The molecule has 1 saturated heterocycles. The van der Waals surface area contributed by atoms with Crippen LogP contribution in [0.5, 0.6) is 0 Å². The molecule has 0 aromatic carbocycles. The molecular formula is C50H92O12S. The lowest BCUT2D eigenvalue weighted by molar-refractivity contribution is -0.297. The number of unbranched alkanes of at least 4 members (excludes halogenated alkanes) is 27. The third-order valence-electron chi connectivity index (χ3n) is 11.8. The Kier molecular flexibility index (Phi) is 37.9. The Balaban J connectivity index is 2.34. The second-order valence-electron chi connectivity index (χ2n) is 17.8. The number of hydrogen-bond acceptors (Lipinski definition) is 11. The fourth-order valence-electron chi connectivity index (χ4n) is 7.79. The first kappa shape index (κ1) is 59.1. The standard InChI is InChI=1S/C50H92O12S/c1-3-5-7-9-11-13-15-17-18-19-20-21-22-23-24-25-26-27-29-30-32-34-36-38-45(51)59-40-43(41-60-50-49(55)48(54)47(53)44(62-50)42-63(56,57)58)61-46(52)39-37-35-33-31-28-16-14-12-10-8-6-4-2/h12,14,30,32,43-44,47-50,53-55H,3-11,13,15-29,31,33-42H2,1-2H3,(H,56,57,58)/b14-12+,32-30+/t43-,44-,47-,48?,49?,50+/m1/s1. The van der Waals surface area contributed by atoms with E-state index in [1.807, 2.05) is 0 Å². The van der Waals surface area contributed by atoms with E-state index in [4.69, 9.17) is 18.9 Å². The van der Waals surface area contributed by atoms with Gasteiger partial charge >= 0.3 is 11.9 Å². The van der Waals surface area contributed by atoms with Gasteiger partial charge in [0.25, 0.3) is 10.1 Å². The van der Waals surface area contributed by atoms with Crippen LogP contribution in [0.2, 0.25) is 0 Å². The summed E-state index contributed by atoms with van der Waals surface area (Å²) in [7, 11) is -4.60. The van der Waals surface area contributed by atoms with Crippen molar-refractivity contribution in [3.8, 4) is 0 Å². The molecule has 0 amide bonds. The van der Waals surface area contributed by atoms with Gasteiger partial charge in [0.2, 0.25) is 0 Å². The topological polar surface area (TPSA) is 186 Å². The summed E-state index contributed by atoms with van der Waals surface area (Å²) in [4.78, 5) is 25.4. The second-order valence-corrected chi connectivity index (χ2v) is 19.3. The molecule has 13 heteroatoms. The molecule has 6 atom stereocenters. The van der Waals surface area contributed by atoms with Crippen LogP contribution in [0.25, 0.3) is 0 Å². The molecule has 0 aromatic heterocycles. The molecule has 4 N–H and O–H groups in total. The first-order chi connectivity index (χ1) is 30.5. The number of rotatable bonds is 43. The van der Waals surface area contributed by atoms with Gasteiger partial charge in [0.05, 0.1) is 6.61 Å². The highest BCUT2D eigenvalue weighted by atomic mass is 32.2. The summed E-state index contributed by atoms with van der Waals surface area (Å²) in [6, 6.07) is 0. The minimum Gasteiger partial charge on any atom is -0.462 e. The maximum Gasteiger partial charge on any atom is 0.306 e. The number of hydrogen-bond donors (Lipinski definition) is 4. The molecule has 370 valence electrons. The quantitative estimate of drug-likeness (QED) is 0.0197. The Morgan fingerprint density at radius 2 is 0.921 bits per heavy atom. The van der Waals surface area contributed by atoms with E-state index < -0.39 is 71.2 Å². The molecule has 0 aliphatic carbocycles. The lowest BCUT2D eigenvalue weighted by atomic mass is 10.00. The van der Waals surface area contributed by atoms with Crippen molar-refractivity contribution >= 4 is 22.1 Å². The summed E-state index contributed by atoms with van der Waals surface area (Å²) in [5.41, 5.74) is 0. The number of ether oxygens (including phenoxy) is 4. The minimum atomic E-state index is -4.60. The molecule has 1 rings (SSSR count). The van der Waals surface area contributed by atoms with Gasteiger partial charge in [-0.1, -0.05) is 179 Å². The first-order valence-corrected chi connectivity index (χ1v) is 27.0. The lowest BCUT2D eigenvalue weighted by Gasteiger charge is -2.40. The predicted molar refractivity (Wildman–Crippen MR) is 252 cm³/mol. The van der Waals surface area contributed by atoms with Crippen molar-refractivity contribution < 1.29 is 56.8 Å². The van der Waals surface area contributed by atoms with Crippen molar-refractivity contribution in [2.24, 2.45) is 0 Å². The van der Waals surface area contributed by atoms with Gasteiger partial charge < -0.3 is 34.3 Å². The average molecular weight is 917 g/mol. The van der Waals surface area contributed by atoms with Crippen molar-refractivity contribution in [3.63, 3.8) is 0 Å². The fourth-order valence-corrected chi connectivity index (χ4v) is 8.49. The van der Waals surface area contributed by atoms with E-state index in [0.29, 0.717) is 12.8 Å². The van der Waals surface area contributed by atoms with Crippen molar-refractivity contribution in [2.75, 3.05) is 19.0 Å². The van der Waals surface area contributed by atoms with Gasteiger partial charge in [-0.3, -0.25) is 14.1 Å². The zero-order valence-electron chi connectivity index (χ0n) is 39.7. The van der Waals surface area contributed by atoms with Gasteiger partial charge in [0.1, 0.15) is 36.8 Å². The van der Waals surface area contributed by atoms with E-state index in [9.17, 15) is 37.9 Å². The summed E-state index contributed by atoms with van der Waals surface area (Å²) in [6.45, 7) is 3.73. The molecule has 0 radical (unpaired) electrons. The summed E-state index contributed by atoms with van der Waals surface area (Å²) >= 11 is 0. The molecule has 1 fully saturated rings. The maximum absolute atomic E-state index is 12.8. The molecule has 0 aromatic rings. The Morgan fingerprint density at radius 1 is 0.524 bits per heavy atom. The third kappa shape index (κ3) is 35.1. The highest BCUT2D eigenvalue weighted by Gasteiger charge is 2.46. The Bertz CT molecular complexity index is 1260. The van der Waals surface area contributed by atoms with Crippen molar-refractivity contribution in [3.05, 3.63) is 24.3 Å². The number of carbonyl (C=O) groups is 2. The SMILES string of the molecule is CCCCC/C=C/CCCCCCCC(=O)O[C@H](COC(=O)CCC/C=C/CCCCCCCCCCCCCCCCCCCC)CO[C@H]1O[C@H](CS(=O)(=O)O)[C@@H](O)C(O)C1O. The van der Waals surface area contributed by atoms with E-state index in [0.717, 1.165) is 51.4 Å². The van der Waals surface area contributed by atoms with Crippen molar-refractivity contribution in [1.29, 1.82) is 0 Å². The summed E-state index contributed by atoms with van der Waals surface area (Å²) in [5, 5.41) is 30.9. The van der Waals surface area contributed by atoms with Crippen LogP contribution in [0.15, 0.2) is 24.3 Å². The molecule has 0 bridgehead atoms. The average Bonchev–Trinajstić information content (AvgIpc) is 3.25. The molecule has 1 heterocycles. The van der Waals surface area contributed by atoms with Gasteiger partial charge in [0.15, 0.2) is 12.4 Å². The summed E-state index contributed by atoms with van der Waals surface area (Å²) in [5.74, 6) is -2.03. The Morgan fingerprint density at radius 3 is 1.40 bits per heavy atom. The largest absolute Gasteiger partial charge is 0.462 e. The van der Waals surface area contributed by atoms with Crippen molar-refractivity contribution in [1.82, 2.24) is 0 Å². The predicted octanol–water partition coefficient (Wildman–Crippen LogP) is 11.2. The van der Waals surface area contributed by atoms with Crippen LogP contribution in [0.1, 0.15) is 226 Å². The summed E-state index contributed by atoms with van der Waals surface area (Å²) in [6.07, 6.45) is 36.7. The zero-order valence-corrected chi connectivity index (χ0v) is 40.5. The van der Waals surface area contributed by atoms with E-state index in [1.165, 1.54) is 135 Å². The summed E-state index contributed by atoms with van der Waals surface area (Å²) < 4.78 is 54.1. The van der Waals surface area contributed by atoms with E-state index in [2.05, 4.69) is 38.2 Å².